The van der Waals surface area contributed by atoms with Crippen LogP contribution in [0.4, 0.5) is 4.39 Å². The van der Waals surface area contributed by atoms with E-state index in [1.54, 1.807) is 12.1 Å². The topological polar surface area (TPSA) is 17.1 Å². The van der Waals surface area contributed by atoms with Gasteiger partial charge >= 0.3 is 0 Å². The first kappa shape index (κ1) is 11.2. The van der Waals surface area contributed by atoms with E-state index < -0.39 is 0 Å². The van der Waals surface area contributed by atoms with Gasteiger partial charge in [0.05, 0.1) is 0 Å². The van der Waals surface area contributed by atoms with Crippen molar-refractivity contribution < 1.29 is 9.18 Å². The van der Waals surface area contributed by atoms with Crippen LogP contribution in [0.15, 0.2) is 24.3 Å². The lowest BCUT2D eigenvalue weighted by Crippen LogP contribution is -1.89. The summed E-state index contributed by atoms with van der Waals surface area (Å²) in [6.07, 6.45) is 2.98. The Bertz CT molecular complexity index is 295. The van der Waals surface area contributed by atoms with E-state index in [0.717, 1.165) is 24.8 Å². The minimum atomic E-state index is -0.288. The van der Waals surface area contributed by atoms with E-state index in [2.05, 4.69) is 0 Å². The third-order valence-corrected chi connectivity index (χ3v) is 2.19. The van der Waals surface area contributed by atoms with Crippen molar-refractivity contribution in [2.75, 3.05) is 0 Å². The van der Waals surface area contributed by atoms with Gasteiger partial charge in [0.1, 0.15) is 5.82 Å². The maximum Gasteiger partial charge on any atom is 0.221 e. The van der Waals surface area contributed by atoms with E-state index in [4.69, 9.17) is 11.6 Å². The lowest BCUT2D eigenvalue weighted by molar-refractivity contribution is -0.111. The number of halogens is 2. The fourth-order valence-electron chi connectivity index (χ4n) is 1.24. The number of hydrogen-bond acceptors (Lipinski definition) is 1. The van der Waals surface area contributed by atoms with Crippen LogP contribution in [-0.2, 0) is 11.2 Å². The van der Waals surface area contributed by atoms with Crippen LogP contribution < -0.4 is 0 Å². The molecule has 0 saturated carbocycles. The zero-order valence-electron chi connectivity index (χ0n) is 7.80. The number of carbonyl (C=O) groups is 1. The summed E-state index contributed by atoms with van der Waals surface area (Å²) < 4.78 is 12.5. The third kappa shape index (κ3) is 4.38. The summed E-state index contributed by atoms with van der Waals surface area (Å²) in [5, 5.41) is -0.288. The van der Waals surface area contributed by atoms with Crippen LogP contribution >= 0.6 is 11.6 Å². The number of aryl methyl sites for hydroxylation is 1. The van der Waals surface area contributed by atoms with Gasteiger partial charge in [0, 0.05) is 6.42 Å². The molecule has 0 radical (unpaired) electrons. The Morgan fingerprint density at radius 2 is 1.86 bits per heavy atom. The number of unbranched alkanes of at least 4 members (excludes halogenated alkanes) is 1. The van der Waals surface area contributed by atoms with Crippen LogP contribution in [-0.4, -0.2) is 5.24 Å². The third-order valence-electron chi connectivity index (χ3n) is 2.00. The molecule has 1 aromatic carbocycles. The van der Waals surface area contributed by atoms with Gasteiger partial charge in [-0.25, -0.2) is 4.39 Å². The van der Waals surface area contributed by atoms with Crippen molar-refractivity contribution in [3.8, 4) is 0 Å². The summed E-state index contributed by atoms with van der Waals surface area (Å²) in [6.45, 7) is 0. The summed E-state index contributed by atoms with van der Waals surface area (Å²) in [7, 11) is 0. The maximum absolute atomic E-state index is 12.5. The Morgan fingerprint density at radius 3 is 2.43 bits per heavy atom. The van der Waals surface area contributed by atoms with Crippen molar-refractivity contribution in [1.82, 2.24) is 0 Å². The number of hydrogen-bond donors (Lipinski definition) is 0. The van der Waals surface area contributed by atoms with Gasteiger partial charge in [0.15, 0.2) is 0 Å². The van der Waals surface area contributed by atoms with Gasteiger partial charge < -0.3 is 0 Å². The molecular weight excluding hydrogens is 203 g/mol. The molecule has 0 heterocycles. The average Bonchev–Trinajstić information content (AvgIpc) is 2.15. The van der Waals surface area contributed by atoms with Crippen molar-refractivity contribution in [2.24, 2.45) is 0 Å². The summed E-state index contributed by atoms with van der Waals surface area (Å²) >= 11 is 5.19. The molecule has 0 amide bonds. The van der Waals surface area contributed by atoms with Crippen molar-refractivity contribution in [3.63, 3.8) is 0 Å². The van der Waals surface area contributed by atoms with Crippen LogP contribution in [0.2, 0.25) is 0 Å². The Kier molecular flexibility index (Phi) is 4.60. The van der Waals surface area contributed by atoms with Crippen LogP contribution in [0.3, 0.4) is 0 Å². The normalized spacial score (nSPS) is 10.1. The van der Waals surface area contributed by atoms with Gasteiger partial charge in [0.2, 0.25) is 5.24 Å². The van der Waals surface area contributed by atoms with Crippen LogP contribution in [0, 0.1) is 5.82 Å². The molecule has 0 saturated heterocycles. The molecule has 0 atom stereocenters. The van der Waals surface area contributed by atoms with E-state index in [-0.39, 0.29) is 11.1 Å². The first-order valence-electron chi connectivity index (χ1n) is 4.61. The molecule has 1 rings (SSSR count). The highest BCUT2D eigenvalue weighted by atomic mass is 35.5. The fourth-order valence-corrected chi connectivity index (χ4v) is 1.38. The van der Waals surface area contributed by atoms with Gasteiger partial charge in [-0.05, 0) is 48.6 Å². The predicted molar refractivity (Wildman–Crippen MR) is 54.8 cm³/mol. The number of rotatable bonds is 5. The second-order valence-electron chi connectivity index (χ2n) is 3.19. The zero-order chi connectivity index (χ0) is 10.4. The fraction of sp³-hybridized carbons (Fsp3) is 0.364. The first-order valence-corrected chi connectivity index (χ1v) is 4.99. The van der Waals surface area contributed by atoms with Gasteiger partial charge in [-0.1, -0.05) is 12.1 Å². The standard InChI is InChI=1S/C11H12ClFO/c12-11(14)4-2-1-3-9-5-7-10(13)8-6-9/h5-8H,1-4H2. The average molecular weight is 215 g/mol. The Balaban J connectivity index is 2.25. The van der Waals surface area contributed by atoms with Gasteiger partial charge in [0.25, 0.3) is 0 Å². The van der Waals surface area contributed by atoms with Crippen molar-refractivity contribution in [1.29, 1.82) is 0 Å². The molecular formula is C11H12ClFO. The number of benzene rings is 1. The molecule has 0 N–H and O–H groups in total. The highest BCUT2D eigenvalue weighted by Crippen LogP contribution is 2.08. The molecule has 0 aliphatic carbocycles. The lowest BCUT2D eigenvalue weighted by atomic mass is 10.1. The quantitative estimate of drug-likeness (QED) is 0.543. The van der Waals surface area contributed by atoms with E-state index in [0.29, 0.717) is 6.42 Å². The molecule has 0 bridgehead atoms. The van der Waals surface area contributed by atoms with Crippen LogP contribution in [0.25, 0.3) is 0 Å². The molecule has 0 aliphatic heterocycles. The van der Waals surface area contributed by atoms with E-state index in [9.17, 15) is 9.18 Å². The lowest BCUT2D eigenvalue weighted by Gasteiger charge is -1.99. The highest BCUT2D eigenvalue weighted by molar-refractivity contribution is 6.63. The first-order chi connectivity index (χ1) is 6.68. The minimum absolute atomic E-state index is 0.218. The maximum atomic E-state index is 12.5. The highest BCUT2D eigenvalue weighted by Gasteiger charge is 1.97. The van der Waals surface area contributed by atoms with Crippen molar-refractivity contribution >= 4 is 16.8 Å². The molecule has 0 aromatic heterocycles. The van der Waals surface area contributed by atoms with Gasteiger partial charge in [-0.3, -0.25) is 4.79 Å². The Hall–Kier alpha value is -0.890. The van der Waals surface area contributed by atoms with Crippen LogP contribution in [0.5, 0.6) is 0 Å². The van der Waals surface area contributed by atoms with E-state index in [1.807, 2.05) is 0 Å². The summed E-state index contributed by atoms with van der Waals surface area (Å²) in [5.74, 6) is -0.218. The van der Waals surface area contributed by atoms with Crippen molar-refractivity contribution in [3.05, 3.63) is 35.6 Å². The largest absolute Gasteiger partial charge is 0.281 e. The van der Waals surface area contributed by atoms with Crippen LogP contribution in [0.1, 0.15) is 24.8 Å². The second-order valence-corrected chi connectivity index (χ2v) is 3.61. The predicted octanol–water partition coefficient (Wildman–Crippen LogP) is 3.30. The molecule has 76 valence electrons. The molecule has 0 fully saturated rings. The molecule has 1 aromatic rings. The summed E-state index contributed by atoms with van der Waals surface area (Å²) in [5.41, 5.74) is 1.09. The van der Waals surface area contributed by atoms with Gasteiger partial charge in [-0.15, -0.1) is 0 Å². The Morgan fingerprint density at radius 1 is 1.21 bits per heavy atom. The Labute approximate surface area is 87.9 Å². The molecule has 3 heteroatoms. The van der Waals surface area contributed by atoms with Gasteiger partial charge in [-0.2, -0.15) is 0 Å². The minimum Gasteiger partial charge on any atom is -0.281 e. The SMILES string of the molecule is O=C(Cl)CCCCc1ccc(F)cc1. The molecule has 0 spiro atoms. The molecule has 1 nitrogen and oxygen atoms in total. The zero-order valence-corrected chi connectivity index (χ0v) is 8.56. The van der Waals surface area contributed by atoms with E-state index in [1.165, 1.54) is 12.1 Å². The second kappa shape index (κ2) is 5.76. The number of carbonyl (C=O) groups excluding carboxylic acids is 1. The van der Waals surface area contributed by atoms with E-state index >= 15 is 0 Å². The summed E-state index contributed by atoms with van der Waals surface area (Å²) in [4.78, 5) is 10.4. The molecule has 14 heavy (non-hydrogen) atoms. The molecule has 0 unspecified atom stereocenters. The summed E-state index contributed by atoms with van der Waals surface area (Å²) in [6, 6.07) is 6.42. The van der Waals surface area contributed by atoms with Crippen molar-refractivity contribution in [2.45, 2.75) is 25.7 Å². The monoisotopic (exact) mass is 214 g/mol. The smallest absolute Gasteiger partial charge is 0.221 e. The molecule has 0 aliphatic rings.